The summed E-state index contributed by atoms with van der Waals surface area (Å²) in [5.74, 6) is 0. The number of rotatable bonds is 0. The molecule has 0 rings (SSSR count). The van der Waals surface area contributed by atoms with Gasteiger partial charge >= 0.3 is 77.3 Å². The average molecular weight is 1050 g/mol. The Morgan fingerprint density at radius 3 is 0.479 bits per heavy atom. The normalized spacial score (nSPS) is 4.12. The Morgan fingerprint density at radius 1 is 0.479 bits per heavy atom. The van der Waals surface area contributed by atoms with Crippen LogP contribution in [0.2, 0.25) is 0 Å². The van der Waals surface area contributed by atoms with E-state index in [0.717, 1.165) is 0 Å². The summed E-state index contributed by atoms with van der Waals surface area (Å²) in [6, 6.07) is 0. The molecule has 320 valence electrons. The van der Waals surface area contributed by atoms with E-state index in [9.17, 15) is 0 Å². The molecular formula is C9H67O22P17. The monoisotopic (exact) mass is 1050 g/mol. The van der Waals surface area contributed by atoms with Crippen molar-refractivity contribution in [3.63, 3.8) is 0 Å². The second-order valence-corrected chi connectivity index (χ2v) is 3.81. The first-order chi connectivity index (χ1) is 15.6. The van der Waals surface area contributed by atoms with E-state index in [4.69, 9.17) is 100 Å². The second kappa shape index (κ2) is 683. The second-order valence-electron chi connectivity index (χ2n) is 0.850. The van der Waals surface area contributed by atoms with Gasteiger partial charge in [0.2, 0.25) is 0 Å². The molecular weight excluding hydrogens is 987 g/mol. The molecule has 0 aliphatic heterocycles. The maximum Gasteiger partial charge on any atom is -0.00391 e. The van der Waals surface area contributed by atoms with Crippen LogP contribution in [0.1, 0.15) is 66.8 Å². The van der Waals surface area contributed by atoms with Crippen LogP contribution in [-0.4, -0.2) is 39.7 Å². The van der Waals surface area contributed by atoms with Gasteiger partial charge in [-0.3, -0.25) is 0 Å². The zero-order valence-corrected chi connectivity index (χ0v) is 37.4. The zero-order chi connectivity index (χ0) is 30.5. The maximum atomic E-state index is 9.00. The molecule has 9 N–H and O–H groups in total. The van der Waals surface area contributed by atoms with Crippen molar-refractivity contribution in [3.8, 4) is 0 Å². The molecule has 0 radical (unpaired) electrons. The Morgan fingerprint density at radius 2 is 0.479 bits per heavy atom. The third-order valence-corrected chi connectivity index (χ3v) is 0. The first-order valence-electron chi connectivity index (χ1n) is 4.16. The smallest absolute Gasteiger partial charge is 0.00391 e. The van der Waals surface area contributed by atoms with E-state index in [0.29, 0.717) is 0 Å². The molecule has 0 aromatic heterocycles. The molecule has 9 unspecified atom stereocenters. The minimum Gasteiger partial charge on any atom is -0.533 e. The predicted octanol–water partition coefficient (Wildman–Crippen LogP) is 7.63. The van der Waals surface area contributed by atoms with Gasteiger partial charge in [0.15, 0.2) is 0 Å². The molecule has 9 atom stereocenters. The molecule has 0 aliphatic carbocycles. The van der Waals surface area contributed by atoms with Crippen molar-refractivity contribution in [1.29, 1.82) is 0 Å². The van der Waals surface area contributed by atoms with Crippen molar-refractivity contribution in [3.05, 3.63) is 19.9 Å². The van der Waals surface area contributed by atoms with E-state index >= 15 is 0 Å². The molecule has 22 nitrogen and oxygen atoms in total. The Labute approximate surface area is 325 Å². The summed E-state index contributed by atoms with van der Waals surface area (Å²) >= 11 is 0. The van der Waals surface area contributed by atoms with Crippen molar-refractivity contribution in [2.24, 2.45) is 0 Å². The van der Waals surface area contributed by atoms with Gasteiger partial charge in [0, 0.05) is 19.9 Å². The molecule has 0 amide bonds. The van der Waals surface area contributed by atoms with Crippen molar-refractivity contribution < 1.29 is 85.7 Å². The van der Waals surface area contributed by atoms with Crippen molar-refractivity contribution in [1.82, 2.24) is 0 Å². The zero-order valence-electron chi connectivity index (χ0n) is 18.7. The van der Waals surface area contributed by atoms with Gasteiger partial charge in [-0.25, -0.2) is 27.4 Å². The minimum atomic E-state index is -2.20. The quantitative estimate of drug-likeness (QED) is 0.115. The molecule has 0 fully saturated rings. The van der Waals surface area contributed by atoms with Crippen LogP contribution in [0, 0.1) is 19.9 Å². The van der Waals surface area contributed by atoms with Gasteiger partial charge in [-0.2, -0.15) is 49.5 Å². The van der Waals surface area contributed by atoms with Gasteiger partial charge in [-0.05, 0) is 9.47 Å². The van der Waals surface area contributed by atoms with Crippen LogP contribution < -0.4 is 4.89 Å². The van der Waals surface area contributed by atoms with Gasteiger partial charge in [-0.1, -0.05) is 71.4 Å². The molecule has 0 aromatic rings. The van der Waals surface area contributed by atoms with E-state index in [1.54, 1.807) is 8.93 Å². The van der Waals surface area contributed by atoms with Crippen LogP contribution in [0.3, 0.4) is 0 Å². The van der Waals surface area contributed by atoms with Crippen LogP contribution >= 0.6 is 154 Å². The maximum absolute atomic E-state index is 9.00. The fourth-order valence-electron chi connectivity index (χ4n) is 0. The molecule has 0 saturated heterocycles. The fraction of sp³-hybridized carbons (Fsp3) is 1.00. The average Bonchev–Trinajstić information content (AvgIpc) is 2.77. The number of hydrogen-bond donors (Lipinski definition) is 7. The van der Waals surface area contributed by atoms with Gasteiger partial charge in [-0.15, -0.1) is 0 Å². The van der Waals surface area contributed by atoms with Gasteiger partial charge in [0.1, 0.15) is 8.93 Å². The van der Waals surface area contributed by atoms with Gasteiger partial charge < -0.3 is 62.5 Å². The van der Waals surface area contributed by atoms with E-state index in [1.165, 1.54) is 9.47 Å². The molecule has 0 heterocycles. The van der Waals surface area contributed by atoms with Gasteiger partial charge in [0.25, 0.3) is 0 Å². The number of hydrogen-bond acceptors (Lipinski definition) is 15. The summed E-state index contributed by atoms with van der Waals surface area (Å²) in [6.45, 7) is 0. The third kappa shape index (κ3) is 9800. The Bertz CT molecular complexity index is 313. The largest absolute Gasteiger partial charge is 0.533 e. The molecule has 0 aliphatic rings. The summed E-state index contributed by atoms with van der Waals surface area (Å²) in [5.41, 5.74) is 0. The molecule has 0 spiro atoms. The van der Waals surface area contributed by atoms with Crippen molar-refractivity contribution in [2.45, 2.75) is 66.8 Å². The van der Waals surface area contributed by atoms with Crippen molar-refractivity contribution in [2.75, 3.05) is 0 Å². The van der Waals surface area contributed by atoms with E-state index in [1.807, 2.05) is 0 Å². The first-order valence-corrected chi connectivity index (χ1v) is 15.1. The summed E-state index contributed by atoms with van der Waals surface area (Å²) in [5, 5.41) is 0. The summed E-state index contributed by atoms with van der Waals surface area (Å²) < 4.78 is 76.4. The summed E-state index contributed by atoms with van der Waals surface area (Å²) in [4.78, 5) is 85.8. The van der Waals surface area contributed by atoms with Crippen molar-refractivity contribution >= 4 is 154 Å². The standard InChI is InChI=1S/9CH4.H2O2P2.6HO2P.O2P.2O2.H3OP.H2O.H3P2.5H3P/c;;;;;;;;;1-4(2)3;7*1-3-2;3*1-2;;1-2;;;;;/h9*1H4;3H2;6*(H,1,2);;;;1H,2H2;1H2;1H,2H2;5*1H3/q;;;;;;;;;;;;;;;;+1;;;;;-1;;;;;. The third-order valence-electron chi connectivity index (χ3n) is 0. The molecule has 0 saturated carbocycles. The Kier molecular flexibility index (Phi) is 3120. The SMILES string of the molecule is C.C.C.C.C.C.C.C.C.O.O=O.O=O.O=PO.O=PO.O=PO.O=PO.O=PO.O=PO.O=[P+]([O-])P.O=[P+]=O.OP.P.P.P.P.P.[PH-]P. The topological polar surface area (TPSA) is 418 Å². The van der Waals surface area contributed by atoms with Crippen LogP contribution in [0.5, 0.6) is 0 Å². The predicted molar refractivity (Wildman–Crippen MR) is 248 cm³/mol. The fourth-order valence-corrected chi connectivity index (χ4v) is 0. The van der Waals surface area contributed by atoms with Crippen LogP contribution in [0.25, 0.3) is 0 Å². The molecule has 0 bridgehead atoms. The Balaban J connectivity index is -0.00000000392. The molecule has 48 heavy (non-hydrogen) atoms. The summed E-state index contributed by atoms with van der Waals surface area (Å²) in [6.07, 6.45) is 0. The van der Waals surface area contributed by atoms with Crippen LogP contribution in [-0.2, 0) is 41.1 Å². The first kappa shape index (κ1) is 219. The Hall–Kier alpha value is 3.44. The van der Waals surface area contributed by atoms with Gasteiger partial charge in [0.05, 0.1) is 0 Å². The van der Waals surface area contributed by atoms with E-state index in [-0.39, 0.29) is 122 Å². The van der Waals surface area contributed by atoms with Crippen LogP contribution in [0.4, 0.5) is 0 Å². The summed E-state index contributed by atoms with van der Waals surface area (Å²) in [7, 11) is -0.148. The van der Waals surface area contributed by atoms with Crippen LogP contribution in [0.15, 0.2) is 0 Å². The molecule has 39 heteroatoms. The molecule has 0 aromatic carbocycles. The minimum absolute atomic E-state index is 0. The van der Waals surface area contributed by atoms with E-state index in [2.05, 4.69) is 17.9 Å². The van der Waals surface area contributed by atoms with E-state index < -0.39 is 68.2 Å².